The number of halogens is 2. The lowest BCUT2D eigenvalue weighted by Gasteiger charge is -2.08. The van der Waals surface area contributed by atoms with Crippen LogP contribution in [0.3, 0.4) is 0 Å². The van der Waals surface area contributed by atoms with Gasteiger partial charge < -0.3 is 16.2 Å². The van der Waals surface area contributed by atoms with Gasteiger partial charge in [-0.25, -0.2) is 13.6 Å². The molecule has 0 spiro atoms. The minimum atomic E-state index is -1.42. The molecule has 0 aliphatic rings. The normalized spacial score (nSPS) is 11.2. The van der Waals surface area contributed by atoms with Crippen molar-refractivity contribution >= 4 is 39.7 Å². The van der Waals surface area contributed by atoms with Gasteiger partial charge in [-0.3, -0.25) is 10.2 Å². The number of amidine groups is 1. The second kappa shape index (κ2) is 8.70. The fourth-order valence-corrected chi connectivity index (χ4v) is 3.52. The lowest BCUT2D eigenvalue weighted by molar-refractivity contribution is -0.110. The van der Waals surface area contributed by atoms with E-state index in [9.17, 15) is 23.5 Å². The molecular formula is C20H16F2N4O3S. The summed E-state index contributed by atoms with van der Waals surface area (Å²) in [5.74, 6) is -4.95. The number of nitrogens with two attached hydrogens (primary N) is 1. The summed E-state index contributed by atoms with van der Waals surface area (Å²) >= 11 is 0.845. The molecule has 3 aromatic rings. The largest absolute Gasteiger partial charge is 0.478 e. The van der Waals surface area contributed by atoms with Crippen LogP contribution in [0.25, 0.3) is 11.1 Å². The summed E-state index contributed by atoms with van der Waals surface area (Å²) in [6.45, 7) is 1.39. The summed E-state index contributed by atoms with van der Waals surface area (Å²) in [4.78, 5) is 24.1. The Labute approximate surface area is 173 Å². The van der Waals surface area contributed by atoms with Gasteiger partial charge in [-0.15, -0.1) is 11.3 Å². The molecule has 0 unspecified atom stereocenters. The maximum atomic E-state index is 14.4. The standard InChI is InChI=1S/C20H16F2N4O3S/c1-10-7-8-12(16(22)15(10)21)13-9-30-19(14(13)20(28)29)24-18(27)17(23)26-25-11-5-3-2-4-6-11/h2-9,25H,1H3,(H2,23,26)(H,24,27)(H,28,29). The molecule has 30 heavy (non-hydrogen) atoms. The van der Waals surface area contributed by atoms with Crippen LogP contribution in [0, 0.1) is 18.6 Å². The molecule has 0 atom stereocenters. The Morgan fingerprint density at radius 2 is 1.77 bits per heavy atom. The number of carboxylic acid groups (broad SMARTS) is 1. The second-order valence-electron chi connectivity index (χ2n) is 6.15. The van der Waals surface area contributed by atoms with Crippen molar-refractivity contribution in [3.05, 3.63) is 70.6 Å². The predicted molar refractivity (Wildman–Crippen MR) is 112 cm³/mol. The van der Waals surface area contributed by atoms with Gasteiger partial charge >= 0.3 is 5.97 Å². The highest BCUT2D eigenvalue weighted by atomic mass is 32.1. The number of carbonyl (C=O) groups is 2. The Morgan fingerprint density at radius 3 is 2.43 bits per heavy atom. The molecule has 0 aliphatic heterocycles. The van der Waals surface area contributed by atoms with Crippen molar-refractivity contribution in [2.75, 3.05) is 10.7 Å². The lowest BCUT2D eigenvalue weighted by Crippen LogP contribution is -2.31. The summed E-state index contributed by atoms with van der Waals surface area (Å²) in [6, 6.07) is 11.4. The van der Waals surface area contributed by atoms with Gasteiger partial charge in [0.1, 0.15) is 10.6 Å². The van der Waals surface area contributed by atoms with Gasteiger partial charge in [-0.2, -0.15) is 5.10 Å². The Balaban J connectivity index is 1.88. The first-order chi connectivity index (χ1) is 14.3. The van der Waals surface area contributed by atoms with Crippen LogP contribution in [0.4, 0.5) is 19.5 Å². The third-order valence-electron chi connectivity index (χ3n) is 4.11. The van der Waals surface area contributed by atoms with E-state index in [2.05, 4.69) is 15.8 Å². The number of aromatic carboxylic acids is 1. The highest BCUT2D eigenvalue weighted by Gasteiger charge is 2.25. The van der Waals surface area contributed by atoms with Crippen molar-refractivity contribution in [2.45, 2.75) is 6.92 Å². The van der Waals surface area contributed by atoms with Crippen molar-refractivity contribution in [1.82, 2.24) is 0 Å². The molecule has 0 fully saturated rings. The summed E-state index contributed by atoms with van der Waals surface area (Å²) in [5.41, 5.74) is 8.26. The fourth-order valence-electron chi connectivity index (χ4n) is 2.57. The van der Waals surface area contributed by atoms with Crippen molar-refractivity contribution in [1.29, 1.82) is 0 Å². The molecule has 1 heterocycles. The van der Waals surface area contributed by atoms with Crippen molar-refractivity contribution < 1.29 is 23.5 Å². The monoisotopic (exact) mass is 430 g/mol. The number of thiophene rings is 1. The first-order valence-corrected chi connectivity index (χ1v) is 9.43. The van der Waals surface area contributed by atoms with Crippen LogP contribution in [0.2, 0.25) is 0 Å². The zero-order valence-electron chi connectivity index (χ0n) is 15.6. The van der Waals surface area contributed by atoms with Gasteiger partial charge in [0.05, 0.1) is 5.69 Å². The minimum absolute atomic E-state index is 0.0582. The molecule has 5 N–H and O–H groups in total. The number of carbonyl (C=O) groups excluding carboxylic acids is 1. The zero-order valence-corrected chi connectivity index (χ0v) is 16.4. The molecule has 10 heteroatoms. The molecule has 0 radical (unpaired) electrons. The van der Waals surface area contributed by atoms with Gasteiger partial charge in [0, 0.05) is 16.5 Å². The summed E-state index contributed by atoms with van der Waals surface area (Å²) in [5, 5.41) is 16.9. The highest BCUT2D eigenvalue weighted by Crippen LogP contribution is 2.37. The van der Waals surface area contributed by atoms with E-state index in [1.165, 1.54) is 24.4 Å². The molecule has 154 valence electrons. The first kappa shape index (κ1) is 20.9. The number of hydrogen-bond donors (Lipinski definition) is 4. The van der Waals surface area contributed by atoms with Crippen molar-refractivity contribution in [2.24, 2.45) is 10.8 Å². The van der Waals surface area contributed by atoms with Crippen LogP contribution in [0.5, 0.6) is 0 Å². The Bertz CT molecular complexity index is 1150. The molecule has 1 aromatic heterocycles. The van der Waals surface area contributed by atoms with Gasteiger partial charge in [0.15, 0.2) is 11.6 Å². The maximum Gasteiger partial charge on any atom is 0.339 e. The SMILES string of the molecule is Cc1ccc(-c2csc(NC(=O)C(N)=NNc3ccccc3)c2C(=O)O)c(F)c1F. The summed E-state index contributed by atoms with van der Waals surface area (Å²) < 4.78 is 28.3. The van der Waals surface area contributed by atoms with E-state index < -0.39 is 29.3 Å². The van der Waals surface area contributed by atoms with Crippen LogP contribution < -0.4 is 16.5 Å². The molecule has 0 saturated carbocycles. The van der Waals surface area contributed by atoms with E-state index in [0.717, 1.165) is 11.3 Å². The smallest absolute Gasteiger partial charge is 0.339 e. The second-order valence-corrected chi connectivity index (χ2v) is 7.03. The van der Waals surface area contributed by atoms with Crippen LogP contribution in [0.15, 0.2) is 52.9 Å². The molecule has 3 rings (SSSR count). The van der Waals surface area contributed by atoms with Crippen LogP contribution in [-0.4, -0.2) is 22.8 Å². The number of carboxylic acids is 1. The van der Waals surface area contributed by atoms with Gasteiger partial charge in [-0.1, -0.05) is 30.3 Å². The molecule has 7 nitrogen and oxygen atoms in total. The first-order valence-electron chi connectivity index (χ1n) is 8.55. The van der Waals surface area contributed by atoms with E-state index in [-0.39, 0.29) is 27.3 Å². The average Bonchev–Trinajstić information content (AvgIpc) is 3.14. The number of aryl methyl sites for hydroxylation is 1. The van der Waals surface area contributed by atoms with E-state index in [1.54, 1.807) is 30.3 Å². The topological polar surface area (TPSA) is 117 Å². The average molecular weight is 430 g/mol. The zero-order chi connectivity index (χ0) is 21.8. The predicted octanol–water partition coefficient (Wildman–Crippen LogP) is 4.02. The van der Waals surface area contributed by atoms with Gasteiger partial charge in [0.2, 0.25) is 5.84 Å². The van der Waals surface area contributed by atoms with Crippen LogP contribution >= 0.6 is 11.3 Å². The van der Waals surface area contributed by atoms with Crippen molar-refractivity contribution in [3.8, 4) is 11.1 Å². The quantitative estimate of drug-likeness (QED) is 0.277. The molecular weight excluding hydrogens is 414 g/mol. The number of amides is 1. The Morgan fingerprint density at radius 1 is 1.07 bits per heavy atom. The maximum absolute atomic E-state index is 14.4. The third kappa shape index (κ3) is 4.28. The third-order valence-corrected chi connectivity index (χ3v) is 5.00. The van der Waals surface area contributed by atoms with E-state index in [1.807, 2.05) is 0 Å². The highest BCUT2D eigenvalue weighted by molar-refractivity contribution is 7.15. The molecule has 0 aliphatic carbocycles. The Kier molecular flexibility index (Phi) is 6.07. The van der Waals surface area contributed by atoms with E-state index in [4.69, 9.17) is 5.73 Å². The number of benzene rings is 2. The Hall–Kier alpha value is -3.79. The van der Waals surface area contributed by atoms with Crippen LogP contribution in [-0.2, 0) is 4.79 Å². The minimum Gasteiger partial charge on any atom is -0.478 e. The van der Waals surface area contributed by atoms with E-state index in [0.29, 0.717) is 5.69 Å². The van der Waals surface area contributed by atoms with E-state index >= 15 is 0 Å². The van der Waals surface area contributed by atoms with Gasteiger partial charge in [0.25, 0.3) is 5.91 Å². The lowest BCUT2D eigenvalue weighted by atomic mass is 10.0. The number of para-hydroxylation sites is 1. The molecule has 1 amide bonds. The summed E-state index contributed by atoms with van der Waals surface area (Å²) in [7, 11) is 0. The number of nitrogens with zero attached hydrogens (tertiary/aromatic N) is 1. The number of hydrazone groups is 1. The van der Waals surface area contributed by atoms with Crippen molar-refractivity contribution in [3.63, 3.8) is 0 Å². The number of rotatable bonds is 5. The number of hydrogen-bond acceptors (Lipinski definition) is 5. The molecule has 0 bridgehead atoms. The van der Waals surface area contributed by atoms with Gasteiger partial charge in [-0.05, 0) is 24.6 Å². The number of nitrogens with one attached hydrogen (secondary N) is 2. The summed E-state index contributed by atoms with van der Waals surface area (Å²) in [6.07, 6.45) is 0. The number of anilines is 2. The molecule has 2 aromatic carbocycles. The fraction of sp³-hybridized carbons (Fsp3) is 0.0500. The molecule has 0 saturated heterocycles. The van der Waals surface area contributed by atoms with Crippen LogP contribution in [0.1, 0.15) is 15.9 Å².